The zero-order chi connectivity index (χ0) is 19.4. The van der Waals surface area contributed by atoms with Gasteiger partial charge in [0.2, 0.25) is 10.0 Å². The summed E-state index contributed by atoms with van der Waals surface area (Å²) in [6, 6.07) is 14.2. The molecule has 1 heterocycles. The van der Waals surface area contributed by atoms with Gasteiger partial charge in [-0.2, -0.15) is 9.98 Å². The Bertz CT molecular complexity index is 1080. The smallest absolute Gasteiger partial charge is 0.241 e. The molecule has 0 aliphatic heterocycles. The normalized spacial score (nSPS) is 12.3. The Balaban J connectivity index is 2.03. The Labute approximate surface area is 157 Å². The van der Waals surface area contributed by atoms with Crippen LogP contribution in [0.25, 0.3) is 0 Å². The third-order valence-electron chi connectivity index (χ3n) is 4.11. The minimum absolute atomic E-state index is 0.0225. The van der Waals surface area contributed by atoms with E-state index in [-0.39, 0.29) is 10.5 Å². The van der Waals surface area contributed by atoms with Crippen LogP contribution in [0.5, 0.6) is 5.75 Å². The van der Waals surface area contributed by atoms with Gasteiger partial charge in [-0.05, 0) is 35.9 Å². The predicted molar refractivity (Wildman–Crippen MR) is 99.5 cm³/mol. The Morgan fingerprint density at radius 2 is 1.96 bits per heavy atom. The molecule has 138 valence electrons. The number of methoxy groups -OCH3 is 1. The van der Waals surface area contributed by atoms with Gasteiger partial charge >= 0.3 is 0 Å². The van der Waals surface area contributed by atoms with Gasteiger partial charge in [-0.3, -0.25) is 0 Å². The van der Waals surface area contributed by atoms with Crippen LogP contribution in [-0.2, 0) is 17.1 Å². The van der Waals surface area contributed by atoms with Gasteiger partial charge in [0.15, 0.2) is 0 Å². The molecule has 27 heavy (non-hydrogen) atoms. The number of aromatic nitrogens is 2. The largest absolute Gasteiger partial charge is 0.497 e. The lowest BCUT2D eigenvalue weighted by Gasteiger charge is -2.19. The van der Waals surface area contributed by atoms with E-state index in [1.54, 1.807) is 61.5 Å². The maximum Gasteiger partial charge on any atom is 0.241 e. The Morgan fingerprint density at radius 1 is 1.22 bits per heavy atom. The van der Waals surface area contributed by atoms with Gasteiger partial charge in [-0.25, -0.2) is 13.4 Å². The fourth-order valence-corrected chi connectivity index (χ4v) is 3.91. The first-order valence-corrected chi connectivity index (χ1v) is 9.56. The first-order chi connectivity index (χ1) is 12.9. The highest BCUT2D eigenvalue weighted by atomic mass is 32.2. The van der Waals surface area contributed by atoms with Crippen molar-refractivity contribution in [3.63, 3.8) is 0 Å². The number of rotatable bonds is 6. The minimum Gasteiger partial charge on any atom is -0.497 e. The maximum atomic E-state index is 12.9. The number of nitrogens with one attached hydrogen (secondary N) is 1. The van der Waals surface area contributed by atoms with Gasteiger partial charge in [0, 0.05) is 19.4 Å². The highest BCUT2D eigenvalue weighted by Crippen LogP contribution is 2.25. The minimum atomic E-state index is -3.88. The van der Waals surface area contributed by atoms with Crippen LogP contribution < -0.4 is 9.46 Å². The number of aryl methyl sites for hydroxylation is 1. The molecule has 0 aliphatic rings. The molecule has 1 aromatic heterocycles. The first-order valence-electron chi connectivity index (χ1n) is 8.08. The monoisotopic (exact) mass is 382 g/mol. The predicted octanol–water partition coefficient (Wildman–Crippen LogP) is 2.37. The van der Waals surface area contributed by atoms with Crippen molar-refractivity contribution in [1.29, 1.82) is 5.26 Å². The number of hydrogen-bond acceptors (Lipinski definition) is 5. The van der Waals surface area contributed by atoms with Crippen LogP contribution in [0.1, 0.15) is 23.0 Å². The van der Waals surface area contributed by atoms with Crippen molar-refractivity contribution in [1.82, 2.24) is 14.3 Å². The molecule has 2 aromatic carbocycles. The van der Waals surface area contributed by atoms with Crippen LogP contribution in [0.4, 0.5) is 0 Å². The number of nitriles is 1. The van der Waals surface area contributed by atoms with E-state index in [2.05, 4.69) is 9.71 Å². The van der Waals surface area contributed by atoms with E-state index in [0.717, 1.165) is 0 Å². The van der Waals surface area contributed by atoms with E-state index in [1.807, 2.05) is 6.07 Å². The van der Waals surface area contributed by atoms with Gasteiger partial charge in [0.05, 0.1) is 23.6 Å². The van der Waals surface area contributed by atoms with E-state index in [9.17, 15) is 8.42 Å². The topological polar surface area (TPSA) is 97.0 Å². The van der Waals surface area contributed by atoms with Crippen LogP contribution >= 0.6 is 0 Å². The zero-order valence-corrected chi connectivity index (χ0v) is 15.6. The Morgan fingerprint density at radius 3 is 2.56 bits per heavy atom. The van der Waals surface area contributed by atoms with E-state index in [4.69, 9.17) is 10.00 Å². The molecule has 0 bridgehead atoms. The van der Waals surface area contributed by atoms with E-state index in [1.165, 1.54) is 18.2 Å². The van der Waals surface area contributed by atoms with Crippen molar-refractivity contribution >= 4 is 10.0 Å². The highest BCUT2D eigenvalue weighted by Gasteiger charge is 2.26. The molecule has 1 unspecified atom stereocenters. The quantitative estimate of drug-likeness (QED) is 0.706. The van der Waals surface area contributed by atoms with Crippen molar-refractivity contribution in [2.45, 2.75) is 10.9 Å². The summed E-state index contributed by atoms with van der Waals surface area (Å²) >= 11 is 0. The van der Waals surface area contributed by atoms with Crippen molar-refractivity contribution in [3.8, 4) is 11.8 Å². The SMILES string of the molecule is COc1ccc(C(NS(=O)(=O)c2cccc(C#N)c2)c2nccn2C)cc1. The highest BCUT2D eigenvalue weighted by molar-refractivity contribution is 7.89. The van der Waals surface area contributed by atoms with Gasteiger partial charge in [-0.1, -0.05) is 18.2 Å². The van der Waals surface area contributed by atoms with Crippen LogP contribution in [0.2, 0.25) is 0 Å². The van der Waals surface area contributed by atoms with Gasteiger partial charge in [0.25, 0.3) is 0 Å². The molecular formula is C19H18N4O3S. The molecule has 0 saturated heterocycles. The molecule has 3 aromatic rings. The molecule has 7 nitrogen and oxygen atoms in total. The second-order valence-electron chi connectivity index (χ2n) is 5.86. The fourth-order valence-electron chi connectivity index (χ4n) is 2.68. The first kappa shape index (κ1) is 18.6. The summed E-state index contributed by atoms with van der Waals surface area (Å²) in [5.74, 6) is 1.21. The molecule has 8 heteroatoms. The molecule has 0 spiro atoms. The van der Waals surface area contributed by atoms with Crippen molar-refractivity contribution < 1.29 is 13.2 Å². The summed E-state index contributed by atoms with van der Waals surface area (Å²) in [6.07, 6.45) is 3.35. The van der Waals surface area contributed by atoms with Crippen molar-refractivity contribution in [2.75, 3.05) is 7.11 Å². The standard InChI is InChI=1S/C19H18N4O3S/c1-23-11-10-21-19(23)18(15-6-8-16(26-2)9-7-15)22-27(24,25)17-5-3-4-14(12-17)13-20/h3-12,18,22H,1-2H3. The number of nitrogens with zero attached hydrogens (tertiary/aromatic N) is 3. The lowest BCUT2D eigenvalue weighted by molar-refractivity contribution is 0.414. The number of ether oxygens (including phenoxy) is 1. The molecule has 1 atom stereocenters. The molecule has 1 N–H and O–H groups in total. The lowest BCUT2D eigenvalue weighted by atomic mass is 10.1. The van der Waals surface area contributed by atoms with Crippen molar-refractivity contribution in [3.05, 3.63) is 77.9 Å². The average Bonchev–Trinajstić information content (AvgIpc) is 3.12. The fraction of sp³-hybridized carbons (Fsp3) is 0.158. The summed E-state index contributed by atoms with van der Waals surface area (Å²) in [5, 5.41) is 9.03. The third kappa shape index (κ3) is 4.00. The van der Waals surface area contributed by atoms with E-state index < -0.39 is 16.1 Å². The third-order valence-corrected chi connectivity index (χ3v) is 5.53. The Kier molecular flexibility index (Phi) is 5.26. The summed E-state index contributed by atoms with van der Waals surface area (Å²) in [7, 11) is -0.524. The summed E-state index contributed by atoms with van der Waals surface area (Å²) in [6.45, 7) is 0. The molecule has 3 rings (SSSR count). The average molecular weight is 382 g/mol. The Hall–Kier alpha value is -3.15. The zero-order valence-electron chi connectivity index (χ0n) is 14.8. The number of sulfonamides is 1. The van der Waals surface area contributed by atoms with Gasteiger partial charge in [0.1, 0.15) is 17.6 Å². The van der Waals surface area contributed by atoms with Gasteiger partial charge in [-0.15, -0.1) is 0 Å². The molecule has 0 aliphatic carbocycles. The molecular weight excluding hydrogens is 364 g/mol. The molecule has 0 radical (unpaired) electrons. The lowest BCUT2D eigenvalue weighted by Crippen LogP contribution is -2.31. The van der Waals surface area contributed by atoms with Gasteiger partial charge < -0.3 is 9.30 Å². The van der Waals surface area contributed by atoms with E-state index in [0.29, 0.717) is 17.1 Å². The van der Waals surface area contributed by atoms with Crippen LogP contribution in [0, 0.1) is 11.3 Å². The summed E-state index contributed by atoms with van der Waals surface area (Å²) in [5.41, 5.74) is 0.987. The second-order valence-corrected chi connectivity index (χ2v) is 7.58. The number of benzene rings is 2. The molecule has 0 amide bonds. The van der Waals surface area contributed by atoms with Crippen LogP contribution in [-0.4, -0.2) is 25.1 Å². The summed E-state index contributed by atoms with van der Waals surface area (Å²) < 4.78 is 35.5. The second kappa shape index (κ2) is 7.61. The number of hydrogen-bond donors (Lipinski definition) is 1. The van der Waals surface area contributed by atoms with Crippen molar-refractivity contribution in [2.24, 2.45) is 7.05 Å². The van der Waals surface area contributed by atoms with Crippen LogP contribution in [0.15, 0.2) is 65.8 Å². The maximum absolute atomic E-state index is 12.9. The molecule has 0 saturated carbocycles. The van der Waals surface area contributed by atoms with E-state index >= 15 is 0 Å². The molecule has 0 fully saturated rings. The van der Waals surface area contributed by atoms with Crippen LogP contribution in [0.3, 0.4) is 0 Å². The number of imidazole rings is 1. The summed E-state index contributed by atoms with van der Waals surface area (Å²) in [4.78, 5) is 4.32.